The molecule has 0 saturated carbocycles. The van der Waals surface area contributed by atoms with Gasteiger partial charge in [0.05, 0.1) is 6.10 Å². The van der Waals surface area contributed by atoms with Crippen LogP contribution in [0, 0.1) is 0 Å². The van der Waals surface area contributed by atoms with Crippen LogP contribution in [0.3, 0.4) is 0 Å². The molecule has 0 aromatic carbocycles. The Morgan fingerprint density at radius 3 is 2.90 bits per heavy atom. The van der Waals surface area contributed by atoms with Crippen LogP contribution >= 0.6 is 11.8 Å². The van der Waals surface area contributed by atoms with E-state index in [9.17, 15) is 4.79 Å². The van der Waals surface area contributed by atoms with Gasteiger partial charge in [0.15, 0.2) is 5.16 Å². The van der Waals surface area contributed by atoms with Crippen LogP contribution in [0.15, 0.2) is 21.3 Å². The minimum atomic E-state index is -0.245. The SMILES string of the molecule is CCCn1c(Sc2ncnc(OC(C)C)c2N)n[nH]c1=O. The van der Waals surface area contributed by atoms with Gasteiger partial charge in [-0.25, -0.2) is 14.9 Å². The van der Waals surface area contributed by atoms with E-state index in [4.69, 9.17) is 10.5 Å². The summed E-state index contributed by atoms with van der Waals surface area (Å²) in [7, 11) is 0. The van der Waals surface area contributed by atoms with E-state index in [1.807, 2.05) is 20.8 Å². The molecule has 0 radical (unpaired) electrons. The predicted octanol–water partition coefficient (Wildman–Crippen LogP) is 1.29. The molecule has 0 bridgehead atoms. The molecule has 0 saturated heterocycles. The van der Waals surface area contributed by atoms with Crippen LogP contribution in [0.25, 0.3) is 0 Å². The number of H-pyrrole nitrogens is 1. The van der Waals surface area contributed by atoms with E-state index in [2.05, 4.69) is 20.2 Å². The maximum atomic E-state index is 11.7. The van der Waals surface area contributed by atoms with E-state index in [1.165, 1.54) is 18.1 Å². The lowest BCUT2D eigenvalue weighted by molar-refractivity contribution is 0.233. The summed E-state index contributed by atoms with van der Waals surface area (Å²) < 4.78 is 7.07. The summed E-state index contributed by atoms with van der Waals surface area (Å²) in [6.07, 6.45) is 2.17. The molecular weight excluding hydrogens is 292 g/mol. The van der Waals surface area contributed by atoms with Crippen LogP contribution in [0.4, 0.5) is 5.69 Å². The van der Waals surface area contributed by atoms with Crippen molar-refractivity contribution >= 4 is 17.4 Å². The van der Waals surface area contributed by atoms with Crippen molar-refractivity contribution in [2.75, 3.05) is 5.73 Å². The van der Waals surface area contributed by atoms with E-state index in [1.54, 1.807) is 4.57 Å². The van der Waals surface area contributed by atoms with Crippen LogP contribution in [0.5, 0.6) is 5.88 Å². The van der Waals surface area contributed by atoms with Gasteiger partial charge in [-0.15, -0.1) is 5.10 Å². The van der Waals surface area contributed by atoms with Crippen molar-refractivity contribution < 1.29 is 4.74 Å². The fourth-order valence-corrected chi connectivity index (χ4v) is 2.50. The summed E-state index contributed by atoms with van der Waals surface area (Å²) in [6, 6.07) is 0. The van der Waals surface area contributed by atoms with Gasteiger partial charge in [0.2, 0.25) is 5.88 Å². The number of anilines is 1. The molecule has 0 aliphatic heterocycles. The number of hydrogen-bond donors (Lipinski definition) is 2. The summed E-state index contributed by atoms with van der Waals surface area (Å²) in [5, 5.41) is 7.45. The molecule has 0 aliphatic rings. The highest BCUT2D eigenvalue weighted by Gasteiger charge is 2.16. The maximum Gasteiger partial charge on any atom is 0.343 e. The van der Waals surface area contributed by atoms with Gasteiger partial charge in [0, 0.05) is 6.54 Å². The Balaban J connectivity index is 2.30. The van der Waals surface area contributed by atoms with Gasteiger partial charge in [0.1, 0.15) is 17.0 Å². The number of nitrogen functional groups attached to an aromatic ring is 1. The summed E-state index contributed by atoms with van der Waals surface area (Å²) >= 11 is 1.21. The molecule has 0 spiro atoms. The quantitative estimate of drug-likeness (QED) is 0.773. The number of nitrogens with two attached hydrogens (primary N) is 1. The zero-order valence-electron chi connectivity index (χ0n) is 12.2. The number of nitrogens with one attached hydrogen (secondary N) is 1. The van der Waals surface area contributed by atoms with Crippen LogP contribution in [-0.2, 0) is 6.54 Å². The first-order valence-electron chi connectivity index (χ1n) is 6.63. The van der Waals surface area contributed by atoms with Gasteiger partial charge in [-0.3, -0.25) is 4.57 Å². The number of hydrogen-bond acceptors (Lipinski definition) is 7. The van der Waals surface area contributed by atoms with E-state index >= 15 is 0 Å². The van der Waals surface area contributed by atoms with Gasteiger partial charge in [-0.05, 0) is 32.0 Å². The highest BCUT2D eigenvalue weighted by atomic mass is 32.2. The van der Waals surface area contributed by atoms with Crippen LogP contribution in [0.1, 0.15) is 27.2 Å². The minimum absolute atomic E-state index is 0.0382. The minimum Gasteiger partial charge on any atom is -0.473 e. The fraction of sp³-hybridized carbons (Fsp3) is 0.500. The third kappa shape index (κ3) is 3.54. The molecule has 2 heterocycles. The van der Waals surface area contributed by atoms with Gasteiger partial charge >= 0.3 is 5.69 Å². The van der Waals surface area contributed by atoms with Crippen molar-refractivity contribution in [1.82, 2.24) is 24.7 Å². The van der Waals surface area contributed by atoms with Crippen molar-refractivity contribution in [2.45, 2.75) is 50.0 Å². The highest BCUT2D eigenvalue weighted by Crippen LogP contribution is 2.32. The number of nitrogens with zero attached hydrogens (tertiary/aromatic N) is 4. The van der Waals surface area contributed by atoms with E-state index < -0.39 is 0 Å². The van der Waals surface area contributed by atoms with Gasteiger partial charge in [-0.2, -0.15) is 4.98 Å². The smallest absolute Gasteiger partial charge is 0.343 e. The monoisotopic (exact) mass is 310 g/mol. The molecule has 0 atom stereocenters. The normalized spacial score (nSPS) is 11.0. The van der Waals surface area contributed by atoms with Crippen LogP contribution < -0.4 is 16.2 Å². The Morgan fingerprint density at radius 2 is 2.24 bits per heavy atom. The molecule has 114 valence electrons. The third-order valence-corrected chi connectivity index (χ3v) is 3.53. The highest BCUT2D eigenvalue weighted by molar-refractivity contribution is 7.99. The average Bonchev–Trinajstić information content (AvgIpc) is 2.76. The number of aromatic nitrogens is 5. The van der Waals surface area contributed by atoms with E-state index in [0.717, 1.165) is 6.42 Å². The molecule has 2 aromatic rings. The van der Waals surface area contributed by atoms with Gasteiger partial charge in [-0.1, -0.05) is 6.92 Å². The second-order valence-corrected chi connectivity index (χ2v) is 5.59. The lowest BCUT2D eigenvalue weighted by atomic mass is 10.4. The molecule has 21 heavy (non-hydrogen) atoms. The summed E-state index contributed by atoms with van der Waals surface area (Å²) in [6.45, 7) is 6.35. The number of aromatic amines is 1. The van der Waals surface area contributed by atoms with Crippen molar-refractivity contribution in [3.8, 4) is 5.88 Å². The summed E-state index contributed by atoms with van der Waals surface area (Å²) in [5.74, 6) is 0.336. The molecule has 0 fully saturated rings. The topological polar surface area (TPSA) is 112 Å². The molecule has 0 amide bonds. The van der Waals surface area contributed by atoms with Crippen molar-refractivity contribution in [3.05, 3.63) is 16.8 Å². The van der Waals surface area contributed by atoms with Crippen molar-refractivity contribution in [1.29, 1.82) is 0 Å². The molecule has 8 nitrogen and oxygen atoms in total. The Labute approximate surface area is 126 Å². The van der Waals surface area contributed by atoms with Crippen LogP contribution in [0.2, 0.25) is 0 Å². The Kier molecular flexibility index (Phi) is 4.84. The van der Waals surface area contributed by atoms with Crippen molar-refractivity contribution in [3.63, 3.8) is 0 Å². The Bertz CT molecular complexity index is 666. The first kappa shape index (κ1) is 15.4. The van der Waals surface area contributed by atoms with Crippen molar-refractivity contribution in [2.24, 2.45) is 0 Å². The summed E-state index contributed by atoms with van der Waals surface area (Å²) in [4.78, 5) is 19.8. The summed E-state index contributed by atoms with van der Waals surface area (Å²) in [5.41, 5.74) is 6.11. The molecular formula is C12H18N6O2S. The second-order valence-electron chi connectivity index (χ2n) is 4.63. The average molecular weight is 310 g/mol. The first-order valence-corrected chi connectivity index (χ1v) is 7.44. The fourth-order valence-electron chi connectivity index (χ4n) is 1.65. The maximum absolute atomic E-state index is 11.7. The molecule has 0 unspecified atom stereocenters. The molecule has 0 aliphatic carbocycles. The Morgan fingerprint density at radius 1 is 1.48 bits per heavy atom. The number of ether oxygens (including phenoxy) is 1. The molecule has 9 heteroatoms. The third-order valence-electron chi connectivity index (χ3n) is 2.52. The number of rotatable bonds is 6. The lowest BCUT2D eigenvalue weighted by Gasteiger charge is -2.12. The van der Waals surface area contributed by atoms with Gasteiger partial charge < -0.3 is 10.5 Å². The van der Waals surface area contributed by atoms with Crippen LogP contribution in [-0.4, -0.2) is 30.8 Å². The zero-order valence-corrected chi connectivity index (χ0v) is 13.0. The lowest BCUT2D eigenvalue weighted by Crippen LogP contribution is -2.17. The van der Waals surface area contributed by atoms with Gasteiger partial charge in [0.25, 0.3) is 0 Å². The molecule has 2 rings (SSSR count). The van der Waals surface area contributed by atoms with E-state index in [0.29, 0.717) is 28.3 Å². The largest absolute Gasteiger partial charge is 0.473 e. The zero-order chi connectivity index (χ0) is 15.4. The molecule has 3 N–H and O–H groups in total. The van der Waals surface area contributed by atoms with E-state index in [-0.39, 0.29) is 11.8 Å². The Hall–Kier alpha value is -2.03. The molecule has 2 aromatic heterocycles. The first-order chi connectivity index (χ1) is 10.0. The second kappa shape index (κ2) is 6.61. The standard InChI is InChI=1S/C12H18N6O2S/c1-4-5-18-11(19)16-17-12(18)21-10-8(13)9(14-6-15-10)20-7(2)3/h6-7H,4-5,13H2,1-3H3,(H,16,19). The predicted molar refractivity (Wildman–Crippen MR) is 79.5 cm³/mol.